The van der Waals surface area contributed by atoms with Gasteiger partial charge in [-0.15, -0.1) is 0 Å². The maximum atomic E-state index is 10.2. The quantitative estimate of drug-likeness (QED) is 0.682. The predicted octanol–water partition coefficient (Wildman–Crippen LogP) is 2.13. The molecule has 0 aromatic rings. The van der Waals surface area contributed by atoms with Gasteiger partial charge in [-0.3, -0.25) is 0 Å². The van der Waals surface area contributed by atoms with Crippen molar-refractivity contribution in [2.45, 2.75) is 38.9 Å². The summed E-state index contributed by atoms with van der Waals surface area (Å²) in [5, 5.41) is 20.2. The van der Waals surface area contributed by atoms with Crippen molar-refractivity contribution in [3.8, 4) is 0 Å². The Labute approximate surface area is 103 Å². The minimum Gasteiger partial charge on any atom is -0.390 e. The van der Waals surface area contributed by atoms with Crippen LogP contribution in [0.1, 0.15) is 26.7 Å². The van der Waals surface area contributed by atoms with Crippen molar-refractivity contribution in [3.05, 3.63) is 24.3 Å². The highest BCUT2D eigenvalue weighted by Gasteiger charge is 2.79. The van der Waals surface area contributed by atoms with Crippen LogP contribution >= 0.6 is 0 Å². The van der Waals surface area contributed by atoms with E-state index in [1.807, 2.05) is 0 Å². The van der Waals surface area contributed by atoms with Crippen molar-refractivity contribution in [1.82, 2.24) is 0 Å². The summed E-state index contributed by atoms with van der Waals surface area (Å²) in [5.74, 6) is 1.36. The van der Waals surface area contributed by atoms with E-state index >= 15 is 0 Å². The van der Waals surface area contributed by atoms with Crippen LogP contribution in [0.3, 0.4) is 0 Å². The fourth-order valence-corrected chi connectivity index (χ4v) is 5.01. The van der Waals surface area contributed by atoms with Gasteiger partial charge in [0.1, 0.15) is 0 Å². The van der Waals surface area contributed by atoms with Crippen molar-refractivity contribution >= 4 is 0 Å². The van der Waals surface area contributed by atoms with Gasteiger partial charge >= 0.3 is 0 Å². The molecule has 94 valence electrons. The molecule has 2 heteroatoms. The molecular formula is C15H22O2. The molecule has 3 aliphatic rings. The van der Waals surface area contributed by atoms with E-state index in [9.17, 15) is 10.2 Å². The van der Waals surface area contributed by atoms with Crippen molar-refractivity contribution in [1.29, 1.82) is 0 Å². The highest BCUT2D eigenvalue weighted by Crippen LogP contribution is 2.79. The summed E-state index contributed by atoms with van der Waals surface area (Å²) in [7, 11) is 0. The number of allylic oxidation sites excluding steroid dienone is 2. The van der Waals surface area contributed by atoms with Crippen LogP contribution in [-0.2, 0) is 0 Å². The molecule has 2 nitrogen and oxygen atoms in total. The summed E-state index contributed by atoms with van der Waals surface area (Å²) in [6.45, 7) is 12.5. The van der Waals surface area contributed by atoms with Crippen LogP contribution < -0.4 is 0 Å². The minimum absolute atomic E-state index is 0.0146. The summed E-state index contributed by atoms with van der Waals surface area (Å²) < 4.78 is 0. The Morgan fingerprint density at radius 2 is 1.94 bits per heavy atom. The maximum absolute atomic E-state index is 10.2. The third-order valence-corrected chi connectivity index (χ3v) is 5.80. The zero-order valence-electron chi connectivity index (χ0n) is 10.7. The van der Waals surface area contributed by atoms with Gasteiger partial charge in [0.25, 0.3) is 0 Å². The summed E-state index contributed by atoms with van der Waals surface area (Å²) >= 11 is 0. The first kappa shape index (κ1) is 11.5. The number of rotatable bonds is 1. The van der Waals surface area contributed by atoms with E-state index < -0.39 is 12.2 Å². The van der Waals surface area contributed by atoms with E-state index in [-0.39, 0.29) is 17.3 Å². The second-order valence-electron chi connectivity index (χ2n) is 6.35. The Morgan fingerprint density at radius 3 is 2.53 bits per heavy atom. The smallest absolute Gasteiger partial charge is 0.0841 e. The molecule has 3 saturated carbocycles. The number of fused-ring (bicyclic) bond motifs is 1. The standard InChI is InChI=1S/C15H22O2/c1-7(2)10-6-5-8(3)15-9(4)13(16)14(17)12(15)11(10)15/h9-14,16-17H,1,3,5-6H2,2,4H3/t9-,10+,11?,12?,13?,14?,15+/m0/s1. The van der Waals surface area contributed by atoms with Crippen molar-refractivity contribution in [2.75, 3.05) is 0 Å². The van der Waals surface area contributed by atoms with Gasteiger partial charge in [-0.25, -0.2) is 0 Å². The lowest BCUT2D eigenvalue weighted by Crippen LogP contribution is -2.35. The first-order valence-corrected chi connectivity index (χ1v) is 6.63. The predicted molar refractivity (Wildman–Crippen MR) is 67.3 cm³/mol. The van der Waals surface area contributed by atoms with Crippen LogP contribution in [0.25, 0.3) is 0 Å². The van der Waals surface area contributed by atoms with Crippen molar-refractivity contribution in [3.63, 3.8) is 0 Å². The molecule has 0 radical (unpaired) electrons. The highest BCUT2D eigenvalue weighted by molar-refractivity contribution is 5.40. The van der Waals surface area contributed by atoms with Crippen LogP contribution in [0.2, 0.25) is 0 Å². The number of aliphatic hydroxyl groups excluding tert-OH is 2. The second-order valence-corrected chi connectivity index (χ2v) is 6.35. The van der Waals surface area contributed by atoms with Crippen LogP contribution in [-0.4, -0.2) is 22.4 Å². The van der Waals surface area contributed by atoms with E-state index in [1.54, 1.807) is 0 Å². The molecule has 0 amide bonds. The van der Waals surface area contributed by atoms with Gasteiger partial charge in [-0.05, 0) is 37.5 Å². The molecule has 4 unspecified atom stereocenters. The highest BCUT2D eigenvalue weighted by atomic mass is 16.3. The molecule has 1 spiro atoms. The van der Waals surface area contributed by atoms with Crippen LogP contribution in [0.5, 0.6) is 0 Å². The molecule has 0 saturated heterocycles. The molecule has 3 fully saturated rings. The average Bonchev–Trinajstić information content (AvgIpc) is 2.92. The molecule has 2 N–H and O–H groups in total. The van der Waals surface area contributed by atoms with Crippen LogP contribution in [0, 0.1) is 29.1 Å². The molecule has 0 heterocycles. The van der Waals surface area contributed by atoms with Gasteiger partial charge in [0.2, 0.25) is 0 Å². The third-order valence-electron chi connectivity index (χ3n) is 5.80. The van der Waals surface area contributed by atoms with E-state index in [2.05, 4.69) is 27.0 Å². The molecular weight excluding hydrogens is 212 g/mol. The van der Waals surface area contributed by atoms with Crippen LogP contribution in [0.4, 0.5) is 0 Å². The van der Waals surface area contributed by atoms with E-state index in [4.69, 9.17) is 0 Å². The molecule has 3 aliphatic carbocycles. The Kier molecular flexibility index (Phi) is 2.19. The molecule has 0 aromatic carbocycles. The summed E-state index contributed by atoms with van der Waals surface area (Å²) in [5.41, 5.74) is 2.50. The Hall–Kier alpha value is -0.600. The van der Waals surface area contributed by atoms with Gasteiger partial charge < -0.3 is 10.2 Å². The summed E-state index contributed by atoms with van der Waals surface area (Å²) in [6.07, 6.45) is 1.00. The molecule has 0 aliphatic heterocycles. The normalized spacial score (nSPS) is 56.4. The average molecular weight is 234 g/mol. The van der Waals surface area contributed by atoms with Gasteiger partial charge in [0, 0.05) is 11.3 Å². The van der Waals surface area contributed by atoms with Gasteiger partial charge in [0.05, 0.1) is 12.2 Å². The number of aliphatic hydroxyl groups is 2. The minimum atomic E-state index is -0.572. The molecule has 0 bridgehead atoms. The zero-order chi connectivity index (χ0) is 12.5. The molecule has 17 heavy (non-hydrogen) atoms. The van der Waals surface area contributed by atoms with E-state index in [0.29, 0.717) is 11.8 Å². The molecule has 0 aromatic heterocycles. The van der Waals surface area contributed by atoms with Gasteiger partial charge in [-0.1, -0.05) is 31.2 Å². The Balaban J connectivity index is 2.01. The first-order chi connectivity index (χ1) is 7.94. The van der Waals surface area contributed by atoms with Crippen molar-refractivity contribution in [2.24, 2.45) is 29.1 Å². The van der Waals surface area contributed by atoms with E-state index in [0.717, 1.165) is 12.8 Å². The lowest BCUT2D eigenvalue weighted by molar-refractivity contribution is -0.0118. The number of hydrogen-bond acceptors (Lipinski definition) is 2. The topological polar surface area (TPSA) is 40.5 Å². The van der Waals surface area contributed by atoms with Crippen LogP contribution in [0.15, 0.2) is 24.3 Å². The zero-order valence-corrected chi connectivity index (χ0v) is 10.7. The lowest BCUT2D eigenvalue weighted by atomic mass is 9.70. The summed E-state index contributed by atoms with van der Waals surface area (Å²) in [4.78, 5) is 0. The third kappa shape index (κ3) is 1.09. The largest absolute Gasteiger partial charge is 0.390 e. The lowest BCUT2D eigenvalue weighted by Gasteiger charge is -2.36. The number of hydrogen-bond donors (Lipinski definition) is 2. The first-order valence-electron chi connectivity index (χ1n) is 6.63. The van der Waals surface area contributed by atoms with E-state index in [1.165, 1.54) is 11.1 Å². The molecule has 7 atom stereocenters. The fraction of sp³-hybridized carbons (Fsp3) is 0.733. The van der Waals surface area contributed by atoms with Gasteiger partial charge in [0.15, 0.2) is 0 Å². The van der Waals surface area contributed by atoms with Crippen molar-refractivity contribution < 1.29 is 10.2 Å². The fourth-order valence-electron chi connectivity index (χ4n) is 5.01. The Morgan fingerprint density at radius 1 is 1.29 bits per heavy atom. The summed E-state index contributed by atoms with van der Waals surface area (Å²) in [6, 6.07) is 0. The Bertz CT molecular complexity index is 400. The monoisotopic (exact) mass is 234 g/mol. The van der Waals surface area contributed by atoms with Gasteiger partial charge in [-0.2, -0.15) is 0 Å². The second kappa shape index (κ2) is 3.24. The SMILES string of the molecule is C=C(C)[C@H]1CCC(=C)[C@@]23C(C(O)C(O)[C@@H]2C)C13. The maximum Gasteiger partial charge on any atom is 0.0841 e. The molecule has 3 rings (SSSR count).